The first-order chi connectivity index (χ1) is 20.5. The monoisotopic (exact) mass is 618 g/mol. The van der Waals surface area contributed by atoms with Gasteiger partial charge in [0.15, 0.2) is 0 Å². The number of aryl methyl sites for hydroxylation is 1. The van der Waals surface area contributed by atoms with Gasteiger partial charge in [-0.15, -0.1) is 0 Å². The highest BCUT2D eigenvalue weighted by atomic mass is 35.5. The normalized spacial score (nSPS) is 11.0. The summed E-state index contributed by atoms with van der Waals surface area (Å²) in [5.74, 6) is -0.216. The molecular formula is C33H32Cl2N4O4. The van der Waals surface area contributed by atoms with Gasteiger partial charge in [0.2, 0.25) is 11.8 Å². The largest absolute Gasteiger partial charge is 0.487 e. The molecule has 0 aliphatic rings. The van der Waals surface area contributed by atoms with Gasteiger partial charge in [0.1, 0.15) is 24.4 Å². The molecule has 0 spiro atoms. The highest BCUT2D eigenvalue weighted by Gasteiger charge is 2.21. The van der Waals surface area contributed by atoms with Crippen LogP contribution in [0.1, 0.15) is 27.2 Å². The summed E-state index contributed by atoms with van der Waals surface area (Å²) in [4.78, 5) is 46.7. The van der Waals surface area contributed by atoms with E-state index < -0.39 is 0 Å². The Hall–Kier alpha value is -4.40. The summed E-state index contributed by atoms with van der Waals surface area (Å²) in [6, 6.07) is 19.8. The molecule has 0 N–H and O–H groups in total. The molecule has 3 aromatic carbocycles. The number of pyridine rings is 1. The highest BCUT2D eigenvalue weighted by molar-refractivity contribution is 6.38. The van der Waals surface area contributed by atoms with Crippen molar-refractivity contribution < 1.29 is 19.1 Å². The first-order valence-electron chi connectivity index (χ1n) is 13.4. The Morgan fingerprint density at radius 3 is 2.33 bits per heavy atom. The molecular weight excluding hydrogens is 587 g/mol. The average molecular weight is 620 g/mol. The number of likely N-dealkylation sites (N-methyl/N-ethyl adjacent to an activating group) is 2. The number of amides is 3. The van der Waals surface area contributed by atoms with Gasteiger partial charge in [-0.1, -0.05) is 53.5 Å². The van der Waals surface area contributed by atoms with Crippen LogP contribution in [0.4, 0.5) is 5.69 Å². The SMILES string of the molecule is Cc1ccc2cccc(OCc3c(Cl)ccc(N(C)C(=O)CN(C)C(=O)/C=C/c4ccc(C(=O)N(C)C)cc4)c3Cl)c2n1. The van der Waals surface area contributed by atoms with E-state index in [2.05, 4.69) is 4.98 Å². The van der Waals surface area contributed by atoms with Gasteiger partial charge >= 0.3 is 0 Å². The zero-order valence-corrected chi connectivity index (χ0v) is 26.1. The van der Waals surface area contributed by atoms with Crippen molar-refractivity contribution in [2.45, 2.75) is 13.5 Å². The number of hydrogen-bond donors (Lipinski definition) is 0. The summed E-state index contributed by atoms with van der Waals surface area (Å²) < 4.78 is 6.09. The number of anilines is 1. The van der Waals surface area contributed by atoms with Crippen LogP contribution in [0.3, 0.4) is 0 Å². The number of fused-ring (bicyclic) bond motifs is 1. The van der Waals surface area contributed by atoms with E-state index in [4.69, 9.17) is 27.9 Å². The molecule has 0 radical (unpaired) electrons. The van der Waals surface area contributed by atoms with E-state index in [-0.39, 0.29) is 35.9 Å². The van der Waals surface area contributed by atoms with Crippen molar-refractivity contribution in [3.63, 3.8) is 0 Å². The van der Waals surface area contributed by atoms with Crippen molar-refractivity contribution in [1.29, 1.82) is 0 Å². The number of nitrogens with zero attached hydrogens (tertiary/aromatic N) is 4. The second-order valence-corrected chi connectivity index (χ2v) is 11.0. The quantitative estimate of drug-likeness (QED) is 0.207. The minimum atomic E-state index is -0.356. The number of halogens is 2. The number of carbonyl (C=O) groups excluding carboxylic acids is 3. The Morgan fingerprint density at radius 2 is 1.63 bits per heavy atom. The first kappa shape index (κ1) is 31.5. The van der Waals surface area contributed by atoms with Gasteiger partial charge in [-0.2, -0.15) is 0 Å². The molecule has 1 aromatic heterocycles. The standard InChI is InChI=1S/C33H32Cl2N4O4/c1-21-9-13-23-7-6-8-28(32(23)36-21)43-20-25-26(34)16-17-27(31(25)35)39(5)30(41)19-38(4)29(40)18-12-22-10-14-24(15-11-22)33(42)37(2)3/h6-18H,19-20H2,1-5H3/b18-12+. The molecule has 8 nitrogen and oxygen atoms in total. The van der Waals surface area contributed by atoms with Crippen molar-refractivity contribution in [3.05, 3.63) is 105 Å². The smallest absolute Gasteiger partial charge is 0.253 e. The molecule has 0 saturated heterocycles. The van der Waals surface area contributed by atoms with E-state index in [0.29, 0.717) is 27.6 Å². The fourth-order valence-corrected chi connectivity index (χ4v) is 4.88. The fraction of sp³-hybridized carbons (Fsp3) is 0.212. The van der Waals surface area contributed by atoms with E-state index in [1.54, 1.807) is 70.7 Å². The highest BCUT2D eigenvalue weighted by Crippen LogP contribution is 2.35. The van der Waals surface area contributed by atoms with E-state index >= 15 is 0 Å². The summed E-state index contributed by atoms with van der Waals surface area (Å²) in [7, 11) is 6.50. The van der Waals surface area contributed by atoms with Crippen molar-refractivity contribution in [2.75, 3.05) is 39.6 Å². The summed E-state index contributed by atoms with van der Waals surface area (Å²) in [6.45, 7) is 1.80. The third-order valence-electron chi connectivity index (χ3n) is 6.83. The predicted octanol–water partition coefficient (Wildman–Crippen LogP) is 6.27. The lowest BCUT2D eigenvalue weighted by atomic mass is 10.1. The van der Waals surface area contributed by atoms with Crippen molar-refractivity contribution in [1.82, 2.24) is 14.8 Å². The number of aromatic nitrogens is 1. The summed E-state index contributed by atoms with van der Waals surface area (Å²) >= 11 is 13.2. The Kier molecular flexibility index (Phi) is 10.1. The van der Waals surface area contributed by atoms with Crippen LogP contribution in [0.25, 0.3) is 17.0 Å². The second kappa shape index (κ2) is 13.7. The van der Waals surface area contributed by atoms with Gasteiger partial charge in [-0.25, -0.2) is 4.98 Å². The van der Waals surface area contributed by atoms with E-state index in [1.165, 1.54) is 20.8 Å². The molecule has 0 atom stereocenters. The van der Waals surface area contributed by atoms with Crippen molar-refractivity contribution in [2.24, 2.45) is 0 Å². The first-order valence-corrected chi connectivity index (χ1v) is 14.2. The van der Waals surface area contributed by atoms with Crippen molar-refractivity contribution in [3.8, 4) is 5.75 Å². The summed E-state index contributed by atoms with van der Waals surface area (Å²) in [6.07, 6.45) is 3.01. The summed E-state index contributed by atoms with van der Waals surface area (Å²) in [5.41, 5.74) is 3.86. The maximum atomic E-state index is 13.1. The topological polar surface area (TPSA) is 83.0 Å². The fourth-order valence-electron chi connectivity index (χ4n) is 4.27. The number of para-hydroxylation sites is 1. The Labute approximate surface area is 261 Å². The third kappa shape index (κ3) is 7.52. The van der Waals surface area contributed by atoms with Crippen LogP contribution >= 0.6 is 23.2 Å². The van der Waals surface area contributed by atoms with Crippen LogP contribution < -0.4 is 9.64 Å². The van der Waals surface area contributed by atoms with Gasteiger partial charge in [0, 0.05) is 61.5 Å². The molecule has 0 aliphatic carbocycles. The Balaban J connectivity index is 1.41. The number of rotatable bonds is 9. The molecule has 3 amide bonds. The van der Waals surface area contributed by atoms with Crippen LogP contribution in [-0.2, 0) is 16.2 Å². The van der Waals surface area contributed by atoms with E-state index in [1.807, 2.05) is 37.3 Å². The molecule has 0 fully saturated rings. The number of ether oxygens (including phenoxy) is 1. The molecule has 0 aliphatic heterocycles. The molecule has 10 heteroatoms. The lowest BCUT2D eigenvalue weighted by molar-refractivity contribution is -0.129. The molecule has 43 heavy (non-hydrogen) atoms. The van der Waals surface area contributed by atoms with Gasteiger partial charge in [0.25, 0.3) is 5.91 Å². The minimum Gasteiger partial charge on any atom is -0.487 e. The number of benzene rings is 3. The molecule has 0 bridgehead atoms. The molecule has 0 saturated carbocycles. The zero-order valence-electron chi connectivity index (χ0n) is 24.6. The lowest BCUT2D eigenvalue weighted by Crippen LogP contribution is -2.39. The summed E-state index contributed by atoms with van der Waals surface area (Å²) in [5, 5.41) is 1.62. The van der Waals surface area contributed by atoms with Gasteiger partial charge in [-0.3, -0.25) is 14.4 Å². The molecule has 222 valence electrons. The third-order valence-corrected chi connectivity index (χ3v) is 7.60. The number of carbonyl (C=O) groups is 3. The lowest BCUT2D eigenvalue weighted by Gasteiger charge is -2.23. The molecule has 4 aromatic rings. The zero-order chi connectivity index (χ0) is 31.3. The predicted molar refractivity (Wildman–Crippen MR) is 172 cm³/mol. The van der Waals surface area contributed by atoms with Gasteiger partial charge in [-0.05, 0) is 55.0 Å². The molecule has 1 heterocycles. The van der Waals surface area contributed by atoms with E-state index in [0.717, 1.165) is 22.2 Å². The van der Waals surface area contributed by atoms with Crippen molar-refractivity contribution >= 4 is 63.6 Å². The molecule has 0 unspecified atom stereocenters. The average Bonchev–Trinajstić information content (AvgIpc) is 2.99. The van der Waals surface area contributed by atoms with Crippen LogP contribution in [0.15, 0.2) is 72.8 Å². The van der Waals surface area contributed by atoms with Crippen LogP contribution in [0.5, 0.6) is 5.75 Å². The van der Waals surface area contributed by atoms with Crippen LogP contribution in [-0.4, -0.2) is 67.2 Å². The molecule has 4 rings (SSSR count). The Bertz CT molecular complexity index is 1700. The van der Waals surface area contributed by atoms with E-state index in [9.17, 15) is 14.4 Å². The van der Waals surface area contributed by atoms with Crippen LogP contribution in [0, 0.1) is 6.92 Å². The Morgan fingerprint density at radius 1 is 0.907 bits per heavy atom. The second-order valence-electron chi connectivity index (χ2n) is 10.2. The minimum absolute atomic E-state index is 0.0652. The van der Waals surface area contributed by atoms with Crippen LogP contribution in [0.2, 0.25) is 10.0 Å². The van der Waals surface area contributed by atoms with Gasteiger partial charge in [0.05, 0.1) is 10.7 Å². The maximum Gasteiger partial charge on any atom is 0.253 e. The maximum absolute atomic E-state index is 13.1. The number of hydrogen-bond acceptors (Lipinski definition) is 5. The van der Waals surface area contributed by atoms with Gasteiger partial charge < -0.3 is 19.4 Å².